The van der Waals surface area contributed by atoms with E-state index in [1.54, 1.807) is 0 Å². The summed E-state index contributed by atoms with van der Waals surface area (Å²) in [6.45, 7) is 3.20. The summed E-state index contributed by atoms with van der Waals surface area (Å²) in [5, 5.41) is 11.9. The van der Waals surface area contributed by atoms with Gasteiger partial charge in [0.05, 0.1) is 18.8 Å². The zero-order chi connectivity index (χ0) is 18.4. The summed E-state index contributed by atoms with van der Waals surface area (Å²) in [6, 6.07) is 17.2. The maximum absolute atomic E-state index is 5.91. The van der Waals surface area contributed by atoms with Crippen molar-refractivity contribution in [2.45, 2.75) is 13.5 Å². The number of benzene rings is 2. The van der Waals surface area contributed by atoms with Crippen LogP contribution in [-0.2, 0) is 6.54 Å². The smallest absolute Gasteiger partial charge is 0.176 e. The number of thiocarbonyl (C=S) groups is 1. The molecule has 2 aromatic carbocycles. The Balaban J connectivity index is 1.60. The number of anilines is 2. The highest BCUT2D eigenvalue weighted by atomic mass is 35.5. The number of nitrogens with one attached hydrogen (secondary N) is 2. The van der Waals surface area contributed by atoms with Crippen LogP contribution >= 0.6 is 23.8 Å². The van der Waals surface area contributed by atoms with Crippen molar-refractivity contribution >= 4 is 40.4 Å². The van der Waals surface area contributed by atoms with Crippen LogP contribution in [0.25, 0.3) is 0 Å². The Bertz CT molecular complexity index is 879. The Morgan fingerprint density at radius 1 is 1.12 bits per heavy atom. The second-order valence-electron chi connectivity index (χ2n) is 5.53. The Morgan fingerprint density at radius 2 is 1.88 bits per heavy atom. The third-order valence-electron chi connectivity index (χ3n) is 3.58. The maximum atomic E-state index is 5.91. The molecule has 0 aliphatic rings. The van der Waals surface area contributed by atoms with E-state index in [1.807, 2.05) is 72.4 Å². The molecule has 0 spiro atoms. The lowest BCUT2D eigenvalue weighted by atomic mass is 10.2. The van der Waals surface area contributed by atoms with Crippen molar-refractivity contribution in [2.75, 3.05) is 17.2 Å². The predicted molar refractivity (Wildman–Crippen MR) is 110 cm³/mol. The molecule has 3 rings (SSSR count). The van der Waals surface area contributed by atoms with Gasteiger partial charge in [0.25, 0.3) is 0 Å². The largest absolute Gasteiger partial charge is 0.492 e. The number of aromatic nitrogens is 2. The summed E-state index contributed by atoms with van der Waals surface area (Å²) in [5.41, 5.74) is 1.93. The Hall–Kier alpha value is -2.57. The van der Waals surface area contributed by atoms with Crippen LogP contribution in [0, 0.1) is 0 Å². The molecule has 1 heterocycles. The molecule has 0 atom stereocenters. The number of hydrogen-bond donors (Lipinski definition) is 2. The summed E-state index contributed by atoms with van der Waals surface area (Å²) in [6.07, 6.45) is 1.90. The highest BCUT2D eigenvalue weighted by Crippen LogP contribution is 2.23. The van der Waals surface area contributed by atoms with E-state index in [4.69, 9.17) is 28.6 Å². The average molecular weight is 387 g/mol. The molecule has 7 heteroatoms. The molecule has 2 N–H and O–H groups in total. The second kappa shape index (κ2) is 8.69. The summed E-state index contributed by atoms with van der Waals surface area (Å²) >= 11 is 11.3. The first kappa shape index (κ1) is 18.2. The first-order chi connectivity index (χ1) is 12.6. The van der Waals surface area contributed by atoms with E-state index in [0.29, 0.717) is 24.1 Å². The van der Waals surface area contributed by atoms with E-state index in [0.717, 1.165) is 22.0 Å². The monoisotopic (exact) mass is 386 g/mol. The van der Waals surface area contributed by atoms with Crippen LogP contribution in [0.1, 0.15) is 12.5 Å². The molecule has 0 aliphatic carbocycles. The molecule has 0 amide bonds. The van der Waals surface area contributed by atoms with Crippen molar-refractivity contribution < 1.29 is 4.74 Å². The third kappa shape index (κ3) is 4.97. The summed E-state index contributed by atoms with van der Waals surface area (Å²) in [5.74, 6) is 1.43. The number of hydrogen-bond acceptors (Lipinski definition) is 3. The van der Waals surface area contributed by atoms with Crippen molar-refractivity contribution in [1.82, 2.24) is 9.78 Å². The first-order valence-corrected chi connectivity index (χ1v) is 9.00. The minimum atomic E-state index is 0.453. The number of ether oxygens (including phenoxy) is 1. The fourth-order valence-corrected chi connectivity index (χ4v) is 2.75. The van der Waals surface area contributed by atoms with Gasteiger partial charge in [-0.25, -0.2) is 0 Å². The van der Waals surface area contributed by atoms with Gasteiger partial charge in [0.15, 0.2) is 10.9 Å². The predicted octanol–water partition coefficient (Wildman–Crippen LogP) is 4.79. The van der Waals surface area contributed by atoms with E-state index in [-0.39, 0.29) is 0 Å². The van der Waals surface area contributed by atoms with E-state index >= 15 is 0 Å². The van der Waals surface area contributed by atoms with Gasteiger partial charge in [-0.2, -0.15) is 5.10 Å². The molecule has 5 nitrogen and oxygen atoms in total. The molecular weight excluding hydrogens is 368 g/mol. The van der Waals surface area contributed by atoms with Crippen LogP contribution in [0.5, 0.6) is 5.75 Å². The van der Waals surface area contributed by atoms with Gasteiger partial charge >= 0.3 is 0 Å². The van der Waals surface area contributed by atoms with Crippen LogP contribution in [0.2, 0.25) is 5.02 Å². The molecule has 0 saturated carbocycles. The highest BCUT2D eigenvalue weighted by Gasteiger charge is 2.06. The van der Waals surface area contributed by atoms with Gasteiger partial charge in [-0.15, -0.1) is 0 Å². The standard InChI is InChI=1S/C19H19ClN4OS/c1-2-25-17-6-4-3-5-16(17)21-19(26)22-18-11-12-24(23-18)13-14-7-9-15(20)10-8-14/h3-12H,2,13H2,1H3,(H2,21,22,23,26). The molecule has 0 aliphatic heterocycles. The van der Waals surface area contributed by atoms with E-state index in [2.05, 4.69) is 15.7 Å². The number of para-hydroxylation sites is 2. The Kier molecular flexibility index (Phi) is 6.09. The number of nitrogens with zero attached hydrogens (tertiary/aromatic N) is 2. The third-order valence-corrected chi connectivity index (χ3v) is 4.03. The minimum absolute atomic E-state index is 0.453. The van der Waals surface area contributed by atoms with E-state index < -0.39 is 0 Å². The van der Waals surface area contributed by atoms with Crippen LogP contribution in [0.4, 0.5) is 11.5 Å². The molecule has 0 unspecified atom stereocenters. The van der Waals surface area contributed by atoms with E-state index in [1.165, 1.54) is 0 Å². The normalized spacial score (nSPS) is 10.4. The summed E-state index contributed by atoms with van der Waals surface area (Å²) in [4.78, 5) is 0. The van der Waals surface area contributed by atoms with Gasteiger partial charge in [0.1, 0.15) is 5.75 Å². The molecule has 134 valence electrons. The van der Waals surface area contributed by atoms with E-state index in [9.17, 15) is 0 Å². The SMILES string of the molecule is CCOc1ccccc1NC(=S)Nc1ccn(Cc2ccc(Cl)cc2)n1. The van der Waals surface area contributed by atoms with Gasteiger partial charge < -0.3 is 15.4 Å². The molecule has 0 fully saturated rings. The van der Waals surface area contributed by atoms with Gasteiger partial charge in [-0.1, -0.05) is 35.9 Å². The molecule has 0 bridgehead atoms. The Labute approximate surface area is 162 Å². The van der Waals surface area contributed by atoms with Crippen LogP contribution < -0.4 is 15.4 Å². The van der Waals surface area contributed by atoms with Crippen LogP contribution in [0.3, 0.4) is 0 Å². The summed E-state index contributed by atoms with van der Waals surface area (Å²) < 4.78 is 7.42. The summed E-state index contributed by atoms with van der Waals surface area (Å²) in [7, 11) is 0. The van der Waals surface area contributed by atoms with Crippen molar-refractivity contribution in [3.05, 3.63) is 71.4 Å². The van der Waals surface area contributed by atoms with Gasteiger partial charge in [0.2, 0.25) is 0 Å². The van der Waals surface area contributed by atoms with Gasteiger partial charge in [-0.3, -0.25) is 4.68 Å². The fourth-order valence-electron chi connectivity index (χ4n) is 2.41. The first-order valence-electron chi connectivity index (χ1n) is 8.22. The lowest BCUT2D eigenvalue weighted by Crippen LogP contribution is -2.20. The molecule has 1 aromatic heterocycles. The molecule has 0 radical (unpaired) electrons. The molecule has 0 saturated heterocycles. The Morgan fingerprint density at radius 3 is 2.65 bits per heavy atom. The average Bonchev–Trinajstić information content (AvgIpc) is 3.05. The lowest BCUT2D eigenvalue weighted by molar-refractivity contribution is 0.342. The maximum Gasteiger partial charge on any atom is 0.176 e. The van der Waals surface area contributed by atoms with Crippen molar-refractivity contribution in [3.8, 4) is 5.75 Å². The highest BCUT2D eigenvalue weighted by molar-refractivity contribution is 7.80. The van der Waals surface area contributed by atoms with Crippen LogP contribution in [0.15, 0.2) is 60.8 Å². The van der Waals surface area contributed by atoms with Crippen molar-refractivity contribution in [3.63, 3.8) is 0 Å². The lowest BCUT2D eigenvalue weighted by Gasteiger charge is -2.13. The number of halogens is 1. The minimum Gasteiger partial charge on any atom is -0.492 e. The number of rotatable bonds is 6. The van der Waals surface area contributed by atoms with Gasteiger partial charge in [-0.05, 0) is 49.0 Å². The quantitative estimate of drug-likeness (QED) is 0.596. The molecular formula is C19H19ClN4OS. The van der Waals surface area contributed by atoms with Crippen molar-refractivity contribution in [1.29, 1.82) is 0 Å². The zero-order valence-corrected chi connectivity index (χ0v) is 15.8. The topological polar surface area (TPSA) is 51.1 Å². The molecule has 26 heavy (non-hydrogen) atoms. The molecule has 3 aromatic rings. The van der Waals surface area contributed by atoms with Crippen LogP contribution in [-0.4, -0.2) is 21.5 Å². The van der Waals surface area contributed by atoms with Crippen molar-refractivity contribution in [2.24, 2.45) is 0 Å². The zero-order valence-electron chi connectivity index (χ0n) is 14.3. The second-order valence-corrected chi connectivity index (χ2v) is 6.38. The fraction of sp³-hybridized carbons (Fsp3) is 0.158. The van der Waals surface area contributed by atoms with Gasteiger partial charge in [0, 0.05) is 17.3 Å².